The topological polar surface area (TPSA) is 63.2 Å². The third-order valence-corrected chi connectivity index (χ3v) is 4.53. The predicted molar refractivity (Wildman–Crippen MR) is 83.7 cm³/mol. The molecule has 0 saturated carbocycles. The van der Waals surface area contributed by atoms with Gasteiger partial charge in [0.1, 0.15) is 0 Å². The fourth-order valence-electron chi connectivity index (χ4n) is 1.52. The van der Waals surface area contributed by atoms with Crippen LogP contribution in [0.4, 0.5) is 5.95 Å². The van der Waals surface area contributed by atoms with E-state index in [9.17, 15) is 8.42 Å². The van der Waals surface area contributed by atoms with Gasteiger partial charge in [0.05, 0.1) is 22.7 Å². The highest BCUT2D eigenvalue weighted by Gasteiger charge is 2.21. The summed E-state index contributed by atoms with van der Waals surface area (Å²) >= 11 is 6.33. The normalized spacial score (nSPS) is 12.9. The van der Waals surface area contributed by atoms with E-state index >= 15 is 0 Å². The van der Waals surface area contributed by atoms with Crippen molar-refractivity contribution in [2.75, 3.05) is 17.6 Å². The van der Waals surface area contributed by atoms with Crippen LogP contribution in [0, 0.1) is 0 Å². The molecule has 0 unspecified atom stereocenters. The van der Waals surface area contributed by atoms with Gasteiger partial charge in [-0.3, -0.25) is 0 Å². The fourth-order valence-corrected chi connectivity index (χ4v) is 2.35. The van der Waals surface area contributed by atoms with E-state index in [1.807, 2.05) is 33.8 Å². The lowest BCUT2D eigenvalue weighted by Crippen LogP contribution is -2.27. The molecule has 0 aromatic carbocycles. The molecule has 1 aromatic heterocycles. The van der Waals surface area contributed by atoms with Gasteiger partial charge in [-0.05, 0) is 25.3 Å². The molecule has 0 atom stereocenters. The van der Waals surface area contributed by atoms with E-state index in [1.165, 1.54) is 7.05 Å². The van der Waals surface area contributed by atoms with Gasteiger partial charge in [-0.15, -0.1) is 0 Å². The van der Waals surface area contributed by atoms with Crippen LogP contribution >= 0.6 is 11.6 Å². The van der Waals surface area contributed by atoms with E-state index in [2.05, 4.69) is 9.97 Å². The summed E-state index contributed by atoms with van der Waals surface area (Å²) in [6.45, 7) is 7.66. The number of hydrogen-bond donors (Lipinski definition) is 0. The quantitative estimate of drug-likeness (QED) is 0.856. The molecule has 0 aliphatic rings. The molecular weight excluding hydrogens is 298 g/mol. The third kappa shape index (κ3) is 3.49. The van der Waals surface area contributed by atoms with Gasteiger partial charge in [-0.2, -0.15) is 0 Å². The molecule has 7 heteroatoms. The van der Waals surface area contributed by atoms with Crippen molar-refractivity contribution in [2.24, 2.45) is 0 Å². The number of rotatable bonds is 4. The molecule has 0 aliphatic heterocycles. The van der Waals surface area contributed by atoms with Crippen molar-refractivity contribution in [3.63, 3.8) is 0 Å². The summed E-state index contributed by atoms with van der Waals surface area (Å²) in [6.07, 6.45) is 2.99. The summed E-state index contributed by atoms with van der Waals surface area (Å²) in [5.74, 6) is 0.206. The van der Waals surface area contributed by atoms with Crippen LogP contribution in [0.15, 0.2) is 6.08 Å². The van der Waals surface area contributed by atoms with Crippen LogP contribution < -0.4 is 4.31 Å². The van der Waals surface area contributed by atoms with Gasteiger partial charge in [0.25, 0.3) is 0 Å². The molecule has 0 radical (unpaired) electrons. The van der Waals surface area contributed by atoms with Crippen LogP contribution in [-0.2, 0) is 10.0 Å². The Hall–Kier alpha value is -1.14. The van der Waals surface area contributed by atoms with Gasteiger partial charge < -0.3 is 0 Å². The van der Waals surface area contributed by atoms with E-state index in [4.69, 9.17) is 11.6 Å². The maximum Gasteiger partial charge on any atom is 0.239 e. The molecular formula is C13H20ClN3O2S. The Morgan fingerprint density at radius 1 is 1.35 bits per heavy atom. The molecule has 20 heavy (non-hydrogen) atoms. The lowest BCUT2D eigenvalue weighted by atomic mass is 10.1. The summed E-state index contributed by atoms with van der Waals surface area (Å²) in [4.78, 5) is 8.58. The van der Waals surface area contributed by atoms with Crippen LogP contribution in [0.25, 0.3) is 5.57 Å². The van der Waals surface area contributed by atoms with E-state index in [1.54, 1.807) is 0 Å². The lowest BCUT2D eigenvalue weighted by Gasteiger charge is -2.19. The smallest absolute Gasteiger partial charge is 0.239 e. The van der Waals surface area contributed by atoms with Crippen molar-refractivity contribution < 1.29 is 8.42 Å². The van der Waals surface area contributed by atoms with Gasteiger partial charge in [-0.1, -0.05) is 31.5 Å². The average Bonchev–Trinajstić information content (AvgIpc) is 2.35. The maximum absolute atomic E-state index is 11.6. The molecule has 1 rings (SSSR count). The number of aromatic nitrogens is 2. The van der Waals surface area contributed by atoms with Crippen molar-refractivity contribution >= 4 is 33.1 Å². The minimum atomic E-state index is -3.41. The van der Waals surface area contributed by atoms with Crippen molar-refractivity contribution in [3.05, 3.63) is 22.5 Å². The highest BCUT2D eigenvalue weighted by atomic mass is 35.5. The van der Waals surface area contributed by atoms with Gasteiger partial charge in [0, 0.05) is 7.05 Å². The molecule has 0 aliphatic carbocycles. The molecule has 0 amide bonds. The van der Waals surface area contributed by atoms with Gasteiger partial charge in [-0.25, -0.2) is 22.7 Å². The molecule has 1 aromatic rings. The second kappa shape index (κ2) is 6.10. The Morgan fingerprint density at radius 3 is 2.30 bits per heavy atom. The zero-order chi connectivity index (χ0) is 15.7. The SMILES string of the molecule is CC=C(C)c1nc(N(C)S(C)(=O)=O)nc(C(C)C)c1Cl. The van der Waals surface area contributed by atoms with Crippen molar-refractivity contribution in [1.29, 1.82) is 0 Å². The minimum Gasteiger partial charge on any atom is -0.241 e. The van der Waals surface area contributed by atoms with Crippen molar-refractivity contribution in [3.8, 4) is 0 Å². The third-order valence-electron chi connectivity index (χ3n) is 3.00. The molecule has 0 spiro atoms. The summed E-state index contributed by atoms with van der Waals surface area (Å²) in [6, 6.07) is 0. The second-order valence-electron chi connectivity index (χ2n) is 4.93. The van der Waals surface area contributed by atoms with Crippen LogP contribution in [0.2, 0.25) is 5.02 Å². The predicted octanol–water partition coefficient (Wildman–Crippen LogP) is 3.07. The van der Waals surface area contributed by atoms with Gasteiger partial charge in [0.15, 0.2) is 0 Å². The molecule has 0 saturated heterocycles. The zero-order valence-corrected chi connectivity index (χ0v) is 14.2. The fraction of sp³-hybridized carbons (Fsp3) is 0.538. The van der Waals surface area contributed by atoms with Crippen molar-refractivity contribution in [1.82, 2.24) is 9.97 Å². The minimum absolute atomic E-state index is 0.0700. The van der Waals surface area contributed by atoms with Crippen LogP contribution in [0.5, 0.6) is 0 Å². The highest BCUT2D eigenvalue weighted by Crippen LogP contribution is 2.31. The molecule has 0 N–H and O–H groups in total. The Morgan fingerprint density at radius 2 is 1.90 bits per heavy atom. The largest absolute Gasteiger partial charge is 0.241 e. The Balaban J connectivity index is 3.61. The number of sulfonamides is 1. The van der Waals surface area contributed by atoms with E-state index in [0.717, 1.165) is 16.1 Å². The van der Waals surface area contributed by atoms with E-state index in [0.29, 0.717) is 16.4 Å². The van der Waals surface area contributed by atoms with Crippen molar-refractivity contribution in [2.45, 2.75) is 33.6 Å². The number of halogens is 1. The molecule has 5 nitrogen and oxygen atoms in total. The van der Waals surface area contributed by atoms with Gasteiger partial charge in [0.2, 0.25) is 16.0 Å². The number of anilines is 1. The summed E-state index contributed by atoms with van der Waals surface area (Å²) in [5.41, 5.74) is 2.09. The van der Waals surface area contributed by atoms with Crippen LogP contribution in [0.3, 0.4) is 0 Å². The number of hydrogen-bond acceptors (Lipinski definition) is 4. The van der Waals surface area contributed by atoms with Gasteiger partial charge >= 0.3 is 0 Å². The van der Waals surface area contributed by atoms with Crippen LogP contribution in [-0.4, -0.2) is 31.7 Å². The molecule has 0 fully saturated rings. The molecule has 0 bridgehead atoms. The first-order chi connectivity index (χ1) is 9.09. The monoisotopic (exact) mass is 317 g/mol. The molecule has 1 heterocycles. The van der Waals surface area contributed by atoms with E-state index < -0.39 is 10.0 Å². The second-order valence-corrected chi connectivity index (χ2v) is 7.32. The summed E-state index contributed by atoms with van der Waals surface area (Å²) in [7, 11) is -1.99. The Labute approximate surface area is 125 Å². The zero-order valence-electron chi connectivity index (χ0n) is 12.6. The Bertz CT molecular complexity index is 639. The summed E-state index contributed by atoms with van der Waals surface area (Å²) in [5, 5.41) is 0.473. The standard InChI is InChI=1S/C13H20ClN3O2S/c1-7-9(4)12-10(14)11(8(2)3)15-13(16-12)17(5)20(6,18)19/h7-8H,1-6H3. The average molecular weight is 318 g/mol. The number of allylic oxidation sites excluding steroid dienone is 2. The molecule has 112 valence electrons. The first kappa shape index (κ1) is 16.9. The maximum atomic E-state index is 11.6. The highest BCUT2D eigenvalue weighted by molar-refractivity contribution is 7.92. The summed E-state index contributed by atoms with van der Waals surface area (Å²) < 4.78 is 24.4. The number of nitrogens with zero attached hydrogens (tertiary/aromatic N) is 3. The first-order valence-electron chi connectivity index (χ1n) is 6.24. The van der Waals surface area contributed by atoms with Crippen LogP contribution in [0.1, 0.15) is 45.0 Å². The van der Waals surface area contributed by atoms with E-state index in [-0.39, 0.29) is 11.9 Å². The Kier molecular flexibility index (Phi) is 5.15. The first-order valence-corrected chi connectivity index (χ1v) is 8.46. The lowest BCUT2D eigenvalue weighted by molar-refractivity contribution is 0.599.